The molecule has 2 heterocycles. The number of nitrogens with zero attached hydrogens (tertiary/aromatic N) is 4. The molecule has 1 aromatic carbocycles. The minimum absolute atomic E-state index is 0.307. The average molecular weight is 299 g/mol. The first-order valence-electron chi connectivity index (χ1n) is 6.12. The summed E-state index contributed by atoms with van der Waals surface area (Å²) in [6, 6.07) is 9.66. The molecule has 0 saturated carbocycles. The number of nitrogens with one attached hydrogen (secondary N) is 1. The molecule has 0 radical (unpaired) electrons. The first kappa shape index (κ1) is 13.3. The highest BCUT2D eigenvalue weighted by Gasteiger charge is 2.07. The van der Waals surface area contributed by atoms with Crippen LogP contribution in [0.3, 0.4) is 0 Å². The molecule has 2 aromatic heterocycles. The number of benzene rings is 1. The summed E-state index contributed by atoms with van der Waals surface area (Å²) in [5, 5.41) is 11.1. The van der Waals surface area contributed by atoms with Gasteiger partial charge in [-0.25, -0.2) is 9.49 Å². The molecule has 0 aliphatic carbocycles. The molecule has 104 valence electrons. The van der Waals surface area contributed by atoms with Crippen LogP contribution in [0.5, 0.6) is 0 Å². The van der Waals surface area contributed by atoms with Crippen LogP contribution in [0, 0.1) is 10.6 Å². The average Bonchev–Trinajstić information content (AvgIpc) is 2.88. The predicted octanol–water partition coefficient (Wildman–Crippen LogP) is 3.02. The molecule has 5 nitrogen and oxygen atoms in total. The van der Waals surface area contributed by atoms with Gasteiger partial charge in [-0.05, 0) is 42.5 Å². The van der Waals surface area contributed by atoms with Gasteiger partial charge >= 0.3 is 0 Å². The van der Waals surface area contributed by atoms with Gasteiger partial charge in [0.2, 0.25) is 4.77 Å². The fourth-order valence-electron chi connectivity index (χ4n) is 1.76. The van der Waals surface area contributed by atoms with E-state index < -0.39 is 0 Å². The van der Waals surface area contributed by atoms with Crippen molar-refractivity contribution in [3.8, 4) is 11.4 Å². The maximum atomic E-state index is 13.0. The van der Waals surface area contributed by atoms with Crippen molar-refractivity contribution in [2.45, 2.75) is 0 Å². The maximum absolute atomic E-state index is 13.0. The largest absolute Gasteiger partial charge is 0.264 e. The summed E-state index contributed by atoms with van der Waals surface area (Å²) >= 11 is 5.16. The van der Waals surface area contributed by atoms with Crippen molar-refractivity contribution in [2.24, 2.45) is 5.10 Å². The lowest BCUT2D eigenvalue weighted by atomic mass is 10.2. The highest BCUT2D eigenvalue weighted by atomic mass is 32.1. The van der Waals surface area contributed by atoms with Gasteiger partial charge in [0.1, 0.15) is 5.82 Å². The molecule has 0 fully saturated rings. The Balaban J connectivity index is 2.00. The minimum atomic E-state index is -0.307. The molecule has 0 bridgehead atoms. The van der Waals surface area contributed by atoms with Crippen LogP contribution in [0.2, 0.25) is 0 Å². The van der Waals surface area contributed by atoms with Crippen LogP contribution in [-0.2, 0) is 0 Å². The molecule has 21 heavy (non-hydrogen) atoms. The summed E-state index contributed by atoms with van der Waals surface area (Å²) in [4.78, 5) is 4.01. The highest BCUT2D eigenvalue weighted by molar-refractivity contribution is 7.71. The Hall–Kier alpha value is -2.67. The van der Waals surface area contributed by atoms with Gasteiger partial charge in [0, 0.05) is 23.5 Å². The Morgan fingerprint density at radius 2 is 2.05 bits per heavy atom. The van der Waals surface area contributed by atoms with Gasteiger partial charge in [-0.1, -0.05) is 6.07 Å². The number of H-pyrrole nitrogens is 1. The van der Waals surface area contributed by atoms with Crippen LogP contribution in [0.25, 0.3) is 11.4 Å². The van der Waals surface area contributed by atoms with Gasteiger partial charge in [-0.3, -0.25) is 4.98 Å². The Morgan fingerprint density at radius 1 is 1.24 bits per heavy atom. The summed E-state index contributed by atoms with van der Waals surface area (Å²) in [7, 11) is 0. The van der Waals surface area contributed by atoms with E-state index in [2.05, 4.69) is 20.3 Å². The Labute approximate surface area is 124 Å². The predicted molar refractivity (Wildman–Crippen MR) is 80.0 cm³/mol. The molecule has 0 amide bonds. The van der Waals surface area contributed by atoms with Crippen LogP contribution in [0.4, 0.5) is 4.39 Å². The standard InChI is InChI=1S/C14H10FN5S/c15-12-5-3-11(4-6-12)13-18-19-14(21)20(13)17-9-10-2-1-7-16-8-10/h1-9H,(H,19,21)/b17-9-. The van der Waals surface area contributed by atoms with Gasteiger partial charge in [-0.2, -0.15) is 14.9 Å². The lowest BCUT2D eigenvalue weighted by molar-refractivity contribution is 0.628. The molecular formula is C14H10FN5S. The van der Waals surface area contributed by atoms with E-state index in [9.17, 15) is 4.39 Å². The van der Waals surface area contributed by atoms with E-state index in [0.717, 1.165) is 5.56 Å². The van der Waals surface area contributed by atoms with Gasteiger partial charge in [0.25, 0.3) is 0 Å². The number of hydrogen-bond acceptors (Lipinski definition) is 4. The summed E-state index contributed by atoms with van der Waals surface area (Å²) in [5.41, 5.74) is 1.55. The molecule has 3 aromatic rings. The fraction of sp³-hybridized carbons (Fsp3) is 0. The molecule has 0 aliphatic rings. The molecule has 0 saturated heterocycles. The van der Waals surface area contributed by atoms with Crippen molar-refractivity contribution in [2.75, 3.05) is 0 Å². The van der Waals surface area contributed by atoms with Crippen molar-refractivity contribution < 1.29 is 4.39 Å². The third-order valence-electron chi connectivity index (χ3n) is 2.76. The van der Waals surface area contributed by atoms with Crippen molar-refractivity contribution in [1.82, 2.24) is 19.9 Å². The van der Waals surface area contributed by atoms with Crippen LogP contribution in [0.15, 0.2) is 53.9 Å². The molecule has 0 unspecified atom stereocenters. The number of hydrogen-bond donors (Lipinski definition) is 1. The zero-order valence-electron chi connectivity index (χ0n) is 10.8. The van der Waals surface area contributed by atoms with Crippen molar-refractivity contribution in [1.29, 1.82) is 0 Å². The first-order chi connectivity index (χ1) is 10.2. The van der Waals surface area contributed by atoms with Crippen molar-refractivity contribution >= 4 is 18.4 Å². The second-order valence-electron chi connectivity index (χ2n) is 4.20. The molecular weight excluding hydrogens is 289 g/mol. The van der Waals surface area contributed by atoms with Gasteiger partial charge in [0.15, 0.2) is 5.82 Å². The summed E-state index contributed by atoms with van der Waals surface area (Å²) in [6.45, 7) is 0. The van der Waals surface area contributed by atoms with E-state index in [0.29, 0.717) is 16.2 Å². The topological polar surface area (TPSA) is 58.9 Å². The SMILES string of the molecule is Fc1ccc(-c2n[nH]c(=S)n2/N=C\c2cccnc2)cc1. The molecule has 1 N–H and O–H groups in total. The van der Waals surface area contributed by atoms with E-state index in [4.69, 9.17) is 12.2 Å². The molecule has 0 spiro atoms. The number of pyridine rings is 1. The quantitative estimate of drug-likeness (QED) is 0.597. The molecule has 0 atom stereocenters. The van der Waals surface area contributed by atoms with Crippen LogP contribution >= 0.6 is 12.2 Å². The van der Waals surface area contributed by atoms with E-state index in [1.165, 1.54) is 16.8 Å². The summed E-state index contributed by atoms with van der Waals surface area (Å²) in [6.07, 6.45) is 5.00. The fourth-order valence-corrected chi connectivity index (χ4v) is 1.94. The van der Waals surface area contributed by atoms with Gasteiger partial charge in [0.05, 0.1) is 6.21 Å². The van der Waals surface area contributed by atoms with Crippen molar-refractivity contribution in [3.05, 3.63) is 64.9 Å². The number of aromatic amines is 1. The highest BCUT2D eigenvalue weighted by Crippen LogP contribution is 2.17. The van der Waals surface area contributed by atoms with E-state index in [1.807, 2.05) is 12.1 Å². The zero-order valence-corrected chi connectivity index (χ0v) is 11.6. The third-order valence-corrected chi connectivity index (χ3v) is 3.02. The molecule has 0 aliphatic heterocycles. The molecule has 3 rings (SSSR count). The van der Waals surface area contributed by atoms with Gasteiger partial charge < -0.3 is 0 Å². The Morgan fingerprint density at radius 3 is 2.76 bits per heavy atom. The van der Waals surface area contributed by atoms with Gasteiger partial charge in [-0.15, -0.1) is 0 Å². The Bertz CT molecular complexity index is 821. The smallest absolute Gasteiger partial charge is 0.216 e. The zero-order chi connectivity index (χ0) is 14.7. The monoisotopic (exact) mass is 299 g/mol. The van der Waals surface area contributed by atoms with E-state index in [-0.39, 0.29) is 5.82 Å². The van der Waals surface area contributed by atoms with E-state index in [1.54, 1.807) is 30.7 Å². The second kappa shape index (κ2) is 5.76. The summed E-state index contributed by atoms with van der Waals surface area (Å²) in [5.74, 6) is 0.207. The lowest BCUT2D eigenvalue weighted by Crippen LogP contribution is -1.95. The Kier molecular flexibility index (Phi) is 3.65. The van der Waals surface area contributed by atoms with Crippen molar-refractivity contribution in [3.63, 3.8) is 0 Å². The minimum Gasteiger partial charge on any atom is -0.264 e. The maximum Gasteiger partial charge on any atom is 0.216 e. The first-order valence-corrected chi connectivity index (χ1v) is 6.52. The number of aromatic nitrogens is 4. The lowest BCUT2D eigenvalue weighted by Gasteiger charge is -2.00. The van der Waals surface area contributed by atoms with Crippen LogP contribution in [0.1, 0.15) is 5.56 Å². The molecule has 7 heteroatoms. The van der Waals surface area contributed by atoms with E-state index >= 15 is 0 Å². The number of rotatable bonds is 3. The van der Waals surface area contributed by atoms with Crippen LogP contribution in [-0.4, -0.2) is 26.1 Å². The normalized spacial score (nSPS) is 11.1. The number of halogens is 1. The second-order valence-corrected chi connectivity index (χ2v) is 4.59. The summed E-state index contributed by atoms with van der Waals surface area (Å²) < 4.78 is 14.8. The third kappa shape index (κ3) is 2.92. The van der Waals surface area contributed by atoms with Crippen LogP contribution < -0.4 is 0 Å².